The largest absolute Gasteiger partial charge is 0.493 e. The molecule has 190 valence electrons. The fourth-order valence-electron chi connectivity index (χ4n) is 4.66. The molecule has 6 nitrogen and oxygen atoms in total. The van der Waals surface area contributed by atoms with Crippen LogP contribution in [0.25, 0.3) is 0 Å². The van der Waals surface area contributed by atoms with Crippen LogP contribution in [0.4, 0.5) is 10.7 Å². The van der Waals surface area contributed by atoms with Gasteiger partial charge in [0, 0.05) is 22.3 Å². The standard InChI is InChI=1S/C29H34N2O4S/c1-29(2,3)19-12-13-21-24(16-19)36-28(25(21)27(32)31-20-10-8-7-9-11-20)30-17-18-14-22(33-4)26(35-6)23(15-18)34-5/h7-11,14-15,17,19H,12-13,16H2,1-6H3,(H,31,32)/t19-/m0/s1. The number of anilines is 1. The Balaban J connectivity index is 1.73. The molecule has 1 heterocycles. The number of carbonyl (C=O) groups is 1. The highest BCUT2D eigenvalue weighted by molar-refractivity contribution is 7.16. The maximum atomic E-state index is 13.5. The van der Waals surface area contributed by atoms with Crippen LogP contribution >= 0.6 is 11.3 Å². The van der Waals surface area contributed by atoms with Crippen LogP contribution in [0, 0.1) is 11.3 Å². The normalized spacial score (nSPS) is 15.4. The van der Waals surface area contributed by atoms with Gasteiger partial charge in [-0.3, -0.25) is 4.79 Å². The van der Waals surface area contributed by atoms with Crippen LogP contribution in [0.3, 0.4) is 0 Å². The second-order valence-corrected chi connectivity index (χ2v) is 11.1. The van der Waals surface area contributed by atoms with Gasteiger partial charge >= 0.3 is 0 Å². The maximum absolute atomic E-state index is 13.5. The van der Waals surface area contributed by atoms with Crippen molar-refractivity contribution in [2.75, 3.05) is 26.6 Å². The van der Waals surface area contributed by atoms with Gasteiger partial charge in [0.25, 0.3) is 5.91 Å². The number of carbonyl (C=O) groups excluding carboxylic acids is 1. The Morgan fingerprint density at radius 3 is 2.31 bits per heavy atom. The average molecular weight is 507 g/mol. The maximum Gasteiger partial charge on any atom is 0.259 e. The Labute approximate surface area is 217 Å². The number of nitrogens with zero attached hydrogens (tertiary/aromatic N) is 1. The van der Waals surface area contributed by atoms with E-state index in [1.807, 2.05) is 42.5 Å². The van der Waals surface area contributed by atoms with E-state index in [-0.39, 0.29) is 11.3 Å². The molecule has 0 unspecified atom stereocenters. The number of thiophene rings is 1. The third kappa shape index (κ3) is 5.41. The summed E-state index contributed by atoms with van der Waals surface area (Å²) in [5.74, 6) is 2.09. The summed E-state index contributed by atoms with van der Waals surface area (Å²) in [6, 6.07) is 13.2. The zero-order chi connectivity index (χ0) is 25.9. The predicted molar refractivity (Wildman–Crippen MR) is 147 cm³/mol. The molecule has 1 atom stereocenters. The Kier molecular flexibility index (Phi) is 7.69. The molecule has 0 aliphatic heterocycles. The van der Waals surface area contributed by atoms with Gasteiger partial charge in [-0.05, 0) is 60.4 Å². The number of nitrogens with one attached hydrogen (secondary N) is 1. The monoisotopic (exact) mass is 506 g/mol. The van der Waals surface area contributed by atoms with Gasteiger partial charge in [-0.2, -0.15) is 0 Å². The van der Waals surface area contributed by atoms with Crippen molar-refractivity contribution in [3.63, 3.8) is 0 Å². The lowest BCUT2D eigenvalue weighted by Gasteiger charge is -2.33. The molecule has 7 heteroatoms. The molecule has 0 saturated carbocycles. The van der Waals surface area contributed by atoms with Gasteiger partial charge in [0.15, 0.2) is 11.5 Å². The molecule has 3 aromatic rings. The minimum Gasteiger partial charge on any atom is -0.493 e. The first-order chi connectivity index (χ1) is 17.2. The van der Waals surface area contributed by atoms with Gasteiger partial charge < -0.3 is 19.5 Å². The Morgan fingerprint density at radius 2 is 1.72 bits per heavy atom. The molecule has 1 aromatic heterocycles. The average Bonchev–Trinajstić information content (AvgIpc) is 3.24. The SMILES string of the molecule is COc1cc(C=Nc2sc3c(c2C(=O)Nc2ccccc2)CC[C@H](C(C)(C)C)C3)cc(OC)c1OC. The van der Waals surface area contributed by atoms with Crippen molar-refractivity contribution in [2.24, 2.45) is 16.3 Å². The summed E-state index contributed by atoms with van der Waals surface area (Å²) in [6.45, 7) is 6.88. The molecule has 2 aromatic carbocycles. The summed E-state index contributed by atoms with van der Waals surface area (Å²) < 4.78 is 16.4. The van der Waals surface area contributed by atoms with Gasteiger partial charge in [0.1, 0.15) is 5.00 Å². The Hall–Kier alpha value is -3.32. The molecule has 36 heavy (non-hydrogen) atoms. The number of methoxy groups -OCH3 is 3. The molecule has 0 fully saturated rings. The van der Waals surface area contributed by atoms with Gasteiger partial charge in [-0.1, -0.05) is 39.0 Å². The second kappa shape index (κ2) is 10.7. The minimum absolute atomic E-state index is 0.120. The minimum atomic E-state index is -0.120. The summed E-state index contributed by atoms with van der Waals surface area (Å²) in [7, 11) is 4.75. The van der Waals surface area contributed by atoms with Crippen LogP contribution in [0.2, 0.25) is 0 Å². The van der Waals surface area contributed by atoms with Gasteiger partial charge in [0.2, 0.25) is 5.75 Å². The van der Waals surface area contributed by atoms with E-state index in [1.165, 1.54) is 4.88 Å². The molecule has 0 saturated heterocycles. The van der Waals surface area contributed by atoms with Gasteiger partial charge in [-0.25, -0.2) is 4.99 Å². The lowest BCUT2D eigenvalue weighted by Crippen LogP contribution is -2.27. The summed E-state index contributed by atoms with van der Waals surface area (Å²) in [6.07, 6.45) is 4.66. The lowest BCUT2D eigenvalue weighted by molar-refractivity contribution is 0.102. The molecule has 1 aliphatic carbocycles. The van der Waals surface area contributed by atoms with Crippen molar-refractivity contribution in [1.82, 2.24) is 0 Å². The van der Waals surface area contributed by atoms with Crippen molar-refractivity contribution in [1.29, 1.82) is 0 Å². The zero-order valence-electron chi connectivity index (χ0n) is 21.8. The van der Waals surface area contributed by atoms with Crippen LogP contribution in [-0.4, -0.2) is 33.5 Å². The molecule has 4 rings (SSSR count). The molecule has 1 N–H and O–H groups in total. The van der Waals surface area contributed by atoms with E-state index in [4.69, 9.17) is 19.2 Å². The zero-order valence-corrected chi connectivity index (χ0v) is 22.6. The van der Waals surface area contributed by atoms with Crippen molar-refractivity contribution >= 4 is 34.1 Å². The quantitative estimate of drug-likeness (QED) is 0.353. The number of rotatable bonds is 7. The van der Waals surface area contributed by atoms with Gasteiger partial charge in [-0.15, -0.1) is 11.3 Å². The first kappa shape index (κ1) is 25.8. The van der Waals surface area contributed by atoms with Crippen LogP contribution in [0.1, 0.15) is 53.6 Å². The number of amides is 1. The van der Waals surface area contributed by atoms with Crippen LogP contribution in [0.15, 0.2) is 47.5 Å². The molecule has 1 amide bonds. The van der Waals surface area contributed by atoms with Crippen molar-refractivity contribution in [2.45, 2.75) is 40.0 Å². The smallest absolute Gasteiger partial charge is 0.259 e. The molecule has 0 radical (unpaired) electrons. The lowest BCUT2D eigenvalue weighted by atomic mass is 9.72. The fraction of sp³-hybridized carbons (Fsp3) is 0.379. The van der Waals surface area contributed by atoms with E-state index < -0.39 is 0 Å². The van der Waals surface area contributed by atoms with E-state index in [0.717, 1.165) is 41.1 Å². The Morgan fingerprint density at radius 1 is 1.06 bits per heavy atom. The van der Waals surface area contributed by atoms with Crippen LogP contribution < -0.4 is 19.5 Å². The summed E-state index contributed by atoms with van der Waals surface area (Å²) in [5, 5.41) is 3.78. The number of hydrogen-bond acceptors (Lipinski definition) is 6. The highest BCUT2D eigenvalue weighted by atomic mass is 32.1. The molecule has 0 bridgehead atoms. The number of hydrogen-bond donors (Lipinski definition) is 1. The van der Waals surface area contributed by atoms with Crippen molar-refractivity contribution < 1.29 is 19.0 Å². The number of para-hydroxylation sites is 1. The molecule has 0 spiro atoms. The van der Waals surface area contributed by atoms with E-state index in [1.54, 1.807) is 38.9 Å². The highest BCUT2D eigenvalue weighted by Gasteiger charge is 2.33. The van der Waals surface area contributed by atoms with E-state index >= 15 is 0 Å². The number of fused-ring (bicyclic) bond motifs is 1. The van der Waals surface area contributed by atoms with Crippen molar-refractivity contribution in [3.05, 3.63) is 64.0 Å². The topological polar surface area (TPSA) is 69.2 Å². The number of aliphatic imine (C=N–C) groups is 1. The number of benzene rings is 2. The highest BCUT2D eigenvalue weighted by Crippen LogP contribution is 2.45. The molecule has 1 aliphatic rings. The third-order valence-corrected chi connectivity index (χ3v) is 7.91. The second-order valence-electron chi connectivity index (χ2n) is 10.0. The van der Waals surface area contributed by atoms with Gasteiger partial charge in [0.05, 0.1) is 26.9 Å². The van der Waals surface area contributed by atoms with E-state index in [0.29, 0.717) is 28.7 Å². The third-order valence-electron chi connectivity index (χ3n) is 6.75. The fourth-order valence-corrected chi connectivity index (χ4v) is 5.93. The number of ether oxygens (including phenoxy) is 3. The van der Waals surface area contributed by atoms with Crippen LogP contribution in [-0.2, 0) is 12.8 Å². The molecular weight excluding hydrogens is 472 g/mol. The summed E-state index contributed by atoms with van der Waals surface area (Å²) >= 11 is 1.62. The van der Waals surface area contributed by atoms with Crippen LogP contribution in [0.5, 0.6) is 17.2 Å². The van der Waals surface area contributed by atoms with E-state index in [2.05, 4.69) is 26.1 Å². The molecular formula is C29H34N2O4S. The van der Waals surface area contributed by atoms with E-state index in [9.17, 15) is 4.79 Å². The predicted octanol–water partition coefficient (Wildman–Crippen LogP) is 6.93. The summed E-state index contributed by atoms with van der Waals surface area (Å²) in [4.78, 5) is 19.6. The van der Waals surface area contributed by atoms with Crippen molar-refractivity contribution in [3.8, 4) is 17.2 Å². The first-order valence-corrected chi connectivity index (χ1v) is 12.9. The first-order valence-electron chi connectivity index (χ1n) is 12.1. The summed E-state index contributed by atoms with van der Waals surface area (Å²) in [5.41, 5.74) is 3.58. The Bertz CT molecular complexity index is 1230.